The molecule has 0 aromatic rings. The van der Waals surface area contributed by atoms with Gasteiger partial charge in [-0.2, -0.15) is 0 Å². The molecule has 0 atom stereocenters. The van der Waals surface area contributed by atoms with Crippen LogP contribution in [0.15, 0.2) is 0 Å². The van der Waals surface area contributed by atoms with E-state index >= 15 is 0 Å². The topological polar surface area (TPSA) is 41.7 Å². The number of nitrogens with zero attached hydrogens (tertiary/aromatic N) is 2. The summed E-state index contributed by atoms with van der Waals surface area (Å²) < 4.78 is 5.51. The maximum absolute atomic E-state index is 6.18. The largest absolute Gasteiger partial charge is 0.381 e. The first-order chi connectivity index (χ1) is 9.48. The normalized spacial score (nSPS) is 33.5. The van der Waals surface area contributed by atoms with Crippen molar-refractivity contribution in [2.45, 2.75) is 62.1 Å². The SMILES string of the molecule is COC1CCC(CN)(N(C)CC2(N(C)C)CCC2)CC1. The number of ether oxygens (including phenoxy) is 1. The molecule has 2 saturated carbocycles. The first-order valence-corrected chi connectivity index (χ1v) is 8.10. The Morgan fingerprint density at radius 2 is 1.65 bits per heavy atom. The predicted octanol–water partition coefficient (Wildman–Crippen LogP) is 1.69. The van der Waals surface area contributed by atoms with Crippen LogP contribution in [0.2, 0.25) is 0 Å². The Hall–Kier alpha value is -0.160. The van der Waals surface area contributed by atoms with E-state index in [0.29, 0.717) is 11.6 Å². The molecule has 2 aliphatic rings. The van der Waals surface area contributed by atoms with Crippen LogP contribution in [0, 0.1) is 0 Å². The third-order valence-electron chi connectivity index (χ3n) is 6.15. The minimum absolute atomic E-state index is 0.188. The molecule has 0 aromatic carbocycles. The minimum atomic E-state index is 0.188. The van der Waals surface area contributed by atoms with Gasteiger partial charge in [0.15, 0.2) is 0 Å². The van der Waals surface area contributed by atoms with E-state index in [2.05, 4.69) is 30.9 Å². The molecular formula is C16H33N3O. The molecule has 4 heteroatoms. The van der Waals surface area contributed by atoms with Crippen molar-refractivity contribution in [1.29, 1.82) is 0 Å². The van der Waals surface area contributed by atoms with Crippen LogP contribution in [0.4, 0.5) is 0 Å². The average molecular weight is 283 g/mol. The van der Waals surface area contributed by atoms with Crippen molar-refractivity contribution in [1.82, 2.24) is 9.80 Å². The number of hydrogen-bond donors (Lipinski definition) is 1. The van der Waals surface area contributed by atoms with Crippen molar-refractivity contribution < 1.29 is 4.74 Å². The fourth-order valence-electron chi connectivity index (χ4n) is 4.05. The molecule has 0 spiro atoms. The van der Waals surface area contributed by atoms with Crippen LogP contribution in [0.5, 0.6) is 0 Å². The highest BCUT2D eigenvalue weighted by Crippen LogP contribution is 2.40. The van der Waals surface area contributed by atoms with E-state index in [1.165, 1.54) is 32.1 Å². The Morgan fingerprint density at radius 1 is 1.05 bits per heavy atom. The molecule has 0 unspecified atom stereocenters. The van der Waals surface area contributed by atoms with Crippen LogP contribution in [0.3, 0.4) is 0 Å². The molecule has 0 aromatic heterocycles. The Kier molecular flexibility index (Phi) is 5.11. The van der Waals surface area contributed by atoms with Crippen LogP contribution in [0.1, 0.15) is 44.9 Å². The van der Waals surface area contributed by atoms with Gasteiger partial charge in [0.05, 0.1) is 6.10 Å². The van der Waals surface area contributed by atoms with Crippen molar-refractivity contribution >= 4 is 0 Å². The van der Waals surface area contributed by atoms with Gasteiger partial charge >= 0.3 is 0 Å². The van der Waals surface area contributed by atoms with Gasteiger partial charge in [-0.05, 0) is 66.1 Å². The van der Waals surface area contributed by atoms with Crippen molar-refractivity contribution in [3.63, 3.8) is 0 Å². The zero-order chi connectivity index (χ0) is 14.8. The van der Waals surface area contributed by atoms with E-state index in [0.717, 1.165) is 25.9 Å². The van der Waals surface area contributed by atoms with Gasteiger partial charge in [-0.3, -0.25) is 4.90 Å². The van der Waals surface area contributed by atoms with Gasteiger partial charge in [-0.1, -0.05) is 0 Å². The van der Waals surface area contributed by atoms with Crippen molar-refractivity contribution in [2.75, 3.05) is 41.3 Å². The number of likely N-dealkylation sites (N-methyl/N-ethyl adjacent to an activating group) is 2. The summed E-state index contributed by atoms with van der Waals surface area (Å²) in [6, 6.07) is 0. The molecule has 0 bridgehead atoms. The first kappa shape index (κ1) is 16.2. The van der Waals surface area contributed by atoms with E-state index in [1.807, 2.05) is 7.11 Å². The third kappa shape index (κ3) is 2.89. The van der Waals surface area contributed by atoms with Gasteiger partial charge in [-0.25, -0.2) is 0 Å². The van der Waals surface area contributed by atoms with Crippen molar-refractivity contribution in [2.24, 2.45) is 5.73 Å². The molecule has 4 nitrogen and oxygen atoms in total. The Bertz CT molecular complexity index is 307. The molecule has 2 aliphatic carbocycles. The maximum atomic E-state index is 6.18. The smallest absolute Gasteiger partial charge is 0.0572 e. The highest BCUT2D eigenvalue weighted by molar-refractivity contribution is 5.03. The summed E-state index contributed by atoms with van der Waals surface area (Å²) in [5.74, 6) is 0. The molecular weight excluding hydrogens is 250 g/mol. The van der Waals surface area contributed by atoms with Crippen LogP contribution in [-0.4, -0.2) is 68.3 Å². The molecule has 118 valence electrons. The Labute approximate surface area is 124 Å². The lowest BCUT2D eigenvalue weighted by Crippen LogP contribution is -2.63. The van der Waals surface area contributed by atoms with E-state index in [1.54, 1.807) is 0 Å². The third-order valence-corrected chi connectivity index (χ3v) is 6.15. The number of hydrogen-bond acceptors (Lipinski definition) is 4. The van der Waals surface area contributed by atoms with Crippen molar-refractivity contribution in [3.05, 3.63) is 0 Å². The molecule has 0 heterocycles. The van der Waals surface area contributed by atoms with Gasteiger partial charge < -0.3 is 15.4 Å². The van der Waals surface area contributed by atoms with E-state index in [-0.39, 0.29) is 5.54 Å². The van der Waals surface area contributed by atoms with Gasteiger partial charge in [0.2, 0.25) is 0 Å². The lowest BCUT2D eigenvalue weighted by Gasteiger charge is -2.54. The van der Waals surface area contributed by atoms with Crippen LogP contribution in [0.25, 0.3) is 0 Å². The first-order valence-electron chi connectivity index (χ1n) is 8.10. The van der Waals surface area contributed by atoms with Crippen molar-refractivity contribution in [3.8, 4) is 0 Å². The summed E-state index contributed by atoms with van der Waals surface area (Å²) in [5, 5.41) is 0. The number of nitrogens with two attached hydrogens (primary N) is 1. The fourth-order valence-corrected chi connectivity index (χ4v) is 4.05. The lowest BCUT2D eigenvalue weighted by atomic mass is 9.73. The standard InChI is InChI=1S/C16H33N3O/c1-18(2)16(8-5-9-16)13-19(3)15(12-17)10-6-14(20-4)7-11-15/h14H,5-13,17H2,1-4H3. The maximum Gasteiger partial charge on any atom is 0.0572 e. The second-order valence-corrected chi connectivity index (χ2v) is 7.19. The second-order valence-electron chi connectivity index (χ2n) is 7.19. The predicted molar refractivity (Wildman–Crippen MR) is 83.9 cm³/mol. The molecule has 0 saturated heterocycles. The lowest BCUT2D eigenvalue weighted by molar-refractivity contribution is -0.0391. The van der Waals surface area contributed by atoms with E-state index in [4.69, 9.17) is 10.5 Å². The summed E-state index contributed by atoms with van der Waals surface area (Å²) in [4.78, 5) is 5.00. The number of methoxy groups -OCH3 is 1. The van der Waals surface area contributed by atoms with Gasteiger partial charge in [-0.15, -0.1) is 0 Å². The van der Waals surface area contributed by atoms with Gasteiger partial charge in [0, 0.05) is 31.3 Å². The molecule has 2 N–H and O–H groups in total. The summed E-state index contributed by atoms with van der Waals surface area (Å²) in [6.07, 6.45) is 9.09. The van der Waals surface area contributed by atoms with Gasteiger partial charge in [0.25, 0.3) is 0 Å². The summed E-state index contributed by atoms with van der Waals surface area (Å²) in [7, 11) is 8.57. The molecule has 2 rings (SSSR count). The monoisotopic (exact) mass is 283 g/mol. The quantitative estimate of drug-likeness (QED) is 0.805. The van der Waals surface area contributed by atoms with Gasteiger partial charge in [0.1, 0.15) is 0 Å². The van der Waals surface area contributed by atoms with E-state index in [9.17, 15) is 0 Å². The molecule has 0 radical (unpaired) electrons. The summed E-state index contributed by atoms with van der Waals surface area (Å²) in [5.41, 5.74) is 6.76. The minimum Gasteiger partial charge on any atom is -0.381 e. The molecule has 0 amide bonds. The second kappa shape index (κ2) is 6.30. The fraction of sp³-hybridized carbons (Fsp3) is 1.00. The van der Waals surface area contributed by atoms with Crippen LogP contribution < -0.4 is 5.73 Å². The zero-order valence-electron chi connectivity index (χ0n) is 13.8. The molecule has 2 fully saturated rings. The average Bonchev–Trinajstić information content (AvgIpc) is 2.42. The summed E-state index contributed by atoms with van der Waals surface area (Å²) >= 11 is 0. The van der Waals surface area contributed by atoms with Crippen LogP contribution >= 0.6 is 0 Å². The van der Waals surface area contributed by atoms with Crippen LogP contribution in [-0.2, 0) is 4.74 Å². The molecule has 0 aliphatic heterocycles. The Morgan fingerprint density at radius 3 is 2.00 bits per heavy atom. The zero-order valence-corrected chi connectivity index (χ0v) is 13.8. The highest BCUT2D eigenvalue weighted by atomic mass is 16.5. The summed E-state index contributed by atoms with van der Waals surface area (Å²) in [6.45, 7) is 1.91. The Balaban J connectivity index is 2.00. The molecule has 20 heavy (non-hydrogen) atoms. The van der Waals surface area contributed by atoms with E-state index < -0.39 is 0 Å². The highest BCUT2D eigenvalue weighted by Gasteiger charge is 2.45. The number of rotatable bonds is 6.